The van der Waals surface area contributed by atoms with E-state index in [9.17, 15) is 24.0 Å². The fraction of sp³-hybridized carbons (Fsp3) is 0.514. The van der Waals surface area contributed by atoms with Gasteiger partial charge in [-0.2, -0.15) is 0 Å². The third kappa shape index (κ3) is 9.55. The van der Waals surface area contributed by atoms with Crippen LogP contribution in [-0.2, 0) is 32.3 Å². The van der Waals surface area contributed by atoms with Crippen molar-refractivity contribution >= 4 is 29.5 Å². The molecule has 248 valence electrons. The molecule has 4 N–H and O–H groups in total. The molecule has 0 aromatic heterocycles. The van der Waals surface area contributed by atoms with Crippen molar-refractivity contribution in [3.63, 3.8) is 0 Å². The van der Waals surface area contributed by atoms with E-state index in [4.69, 9.17) is 4.74 Å². The SMILES string of the molecule is CC[C@H](C)[C@@H]1NC(=O)C[C@@H](C(=O)NCc2cccc(CN3CCCC3=O)c2)NC(=O)c2ccccc2OC[C@H](CC(C)C)NC1=O. The number of ether oxygens (including phenoxy) is 1. The van der Waals surface area contributed by atoms with Gasteiger partial charge in [-0.25, -0.2) is 0 Å². The summed E-state index contributed by atoms with van der Waals surface area (Å²) in [5, 5.41) is 11.5. The first-order valence-electron chi connectivity index (χ1n) is 16.3. The van der Waals surface area contributed by atoms with Crippen LogP contribution in [0.15, 0.2) is 48.5 Å². The van der Waals surface area contributed by atoms with Gasteiger partial charge in [0.1, 0.15) is 24.4 Å². The van der Waals surface area contributed by atoms with E-state index in [2.05, 4.69) is 21.3 Å². The van der Waals surface area contributed by atoms with Gasteiger partial charge >= 0.3 is 0 Å². The van der Waals surface area contributed by atoms with Gasteiger partial charge in [0, 0.05) is 26.1 Å². The Bertz CT molecular complexity index is 1410. The predicted octanol–water partition coefficient (Wildman–Crippen LogP) is 3.07. The van der Waals surface area contributed by atoms with Gasteiger partial charge in [0.05, 0.1) is 18.0 Å². The van der Waals surface area contributed by atoms with Crippen molar-refractivity contribution in [3.05, 3.63) is 65.2 Å². The Hall–Kier alpha value is -4.41. The Morgan fingerprint density at radius 3 is 2.48 bits per heavy atom. The number of benzene rings is 2. The molecule has 0 spiro atoms. The summed E-state index contributed by atoms with van der Waals surface area (Å²) in [4.78, 5) is 67.8. The fourth-order valence-electron chi connectivity index (χ4n) is 5.81. The van der Waals surface area contributed by atoms with Crippen LogP contribution in [0.5, 0.6) is 5.75 Å². The van der Waals surface area contributed by atoms with Crippen molar-refractivity contribution < 1.29 is 28.7 Å². The van der Waals surface area contributed by atoms with Gasteiger partial charge < -0.3 is 30.9 Å². The molecule has 2 aromatic carbocycles. The third-order valence-electron chi connectivity index (χ3n) is 8.50. The number of nitrogens with one attached hydrogen (secondary N) is 4. The van der Waals surface area contributed by atoms with E-state index in [0.29, 0.717) is 31.6 Å². The van der Waals surface area contributed by atoms with E-state index in [0.717, 1.165) is 24.1 Å². The number of nitrogens with zero attached hydrogens (tertiary/aromatic N) is 1. The van der Waals surface area contributed by atoms with Crippen LogP contribution in [0, 0.1) is 11.8 Å². The summed E-state index contributed by atoms with van der Waals surface area (Å²) >= 11 is 0. The van der Waals surface area contributed by atoms with Crippen molar-refractivity contribution in [2.24, 2.45) is 11.8 Å². The van der Waals surface area contributed by atoms with E-state index in [1.165, 1.54) is 0 Å². The smallest absolute Gasteiger partial charge is 0.255 e. The lowest BCUT2D eigenvalue weighted by molar-refractivity contribution is -0.132. The maximum absolute atomic E-state index is 13.5. The molecule has 2 aliphatic rings. The Labute approximate surface area is 271 Å². The molecular weight excluding hydrogens is 586 g/mol. The Morgan fingerprint density at radius 1 is 1.00 bits per heavy atom. The van der Waals surface area contributed by atoms with Crippen LogP contribution in [-0.4, -0.2) is 65.7 Å². The van der Waals surface area contributed by atoms with Crippen LogP contribution < -0.4 is 26.0 Å². The van der Waals surface area contributed by atoms with Gasteiger partial charge in [0.2, 0.25) is 23.6 Å². The monoisotopic (exact) mass is 633 g/mol. The van der Waals surface area contributed by atoms with Gasteiger partial charge in [0.25, 0.3) is 5.91 Å². The molecular formula is C35H47N5O6. The highest BCUT2D eigenvalue weighted by atomic mass is 16.5. The minimum absolute atomic E-state index is 0.129. The van der Waals surface area contributed by atoms with Crippen molar-refractivity contribution in [1.29, 1.82) is 0 Å². The lowest BCUT2D eigenvalue weighted by atomic mass is 9.96. The van der Waals surface area contributed by atoms with Crippen molar-refractivity contribution in [2.75, 3.05) is 13.2 Å². The number of rotatable bonds is 9. The number of para-hydroxylation sites is 1. The number of hydrogen-bond acceptors (Lipinski definition) is 6. The molecule has 11 nitrogen and oxygen atoms in total. The minimum Gasteiger partial charge on any atom is -0.491 e. The molecule has 4 atom stereocenters. The predicted molar refractivity (Wildman–Crippen MR) is 174 cm³/mol. The molecule has 1 saturated heterocycles. The zero-order valence-corrected chi connectivity index (χ0v) is 27.3. The first-order chi connectivity index (χ1) is 22.0. The fourth-order valence-corrected chi connectivity index (χ4v) is 5.81. The van der Waals surface area contributed by atoms with Gasteiger partial charge in [0.15, 0.2) is 0 Å². The van der Waals surface area contributed by atoms with E-state index in [1.807, 2.05) is 56.9 Å². The molecule has 2 aromatic rings. The average Bonchev–Trinajstić information content (AvgIpc) is 3.43. The second kappa shape index (κ2) is 16.2. The molecule has 0 unspecified atom stereocenters. The normalized spacial score (nSPS) is 21.8. The number of amides is 5. The second-order valence-corrected chi connectivity index (χ2v) is 12.8. The molecule has 11 heteroatoms. The minimum atomic E-state index is -1.22. The molecule has 0 radical (unpaired) electrons. The topological polar surface area (TPSA) is 146 Å². The molecule has 5 amide bonds. The lowest BCUT2D eigenvalue weighted by Crippen LogP contribution is -2.55. The molecule has 2 heterocycles. The Balaban J connectivity index is 1.55. The summed E-state index contributed by atoms with van der Waals surface area (Å²) in [5.41, 5.74) is 1.99. The quantitative estimate of drug-likeness (QED) is 0.334. The van der Waals surface area contributed by atoms with E-state index >= 15 is 0 Å². The van der Waals surface area contributed by atoms with E-state index in [1.54, 1.807) is 24.3 Å². The summed E-state index contributed by atoms with van der Waals surface area (Å²) in [6, 6.07) is 11.9. The maximum Gasteiger partial charge on any atom is 0.255 e. The number of carbonyl (C=O) groups excluding carboxylic acids is 5. The molecule has 0 saturated carbocycles. The summed E-state index contributed by atoms with van der Waals surface area (Å²) < 4.78 is 6.09. The Kier molecular flexibility index (Phi) is 12.2. The molecule has 1 fully saturated rings. The zero-order chi connectivity index (χ0) is 33.2. The van der Waals surface area contributed by atoms with Crippen LogP contribution in [0.4, 0.5) is 0 Å². The summed E-state index contributed by atoms with van der Waals surface area (Å²) in [6.07, 6.45) is 2.33. The van der Waals surface area contributed by atoms with E-state index in [-0.39, 0.29) is 54.8 Å². The number of hydrogen-bond donors (Lipinski definition) is 4. The molecule has 0 aliphatic carbocycles. The first kappa shape index (κ1) is 34.5. The number of likely N-dealkylation sites (tertiary alicyclic amines) is 1. The maximum atomic E-state index is 13.5. The summed E-state index contributed by atoms with van der Waals surface area (Å²) in [6.45, 7) is 9.44. The Morgan fingerprint density at radius 2 is 1.76 bits per heavy atom. The molecule has 4 rings (SSSR count). The summed E-state index contributed by atoms with van der Waals surface area (Å²) in [7, 11) is 0. The van der Waals surface area contributed by atoms with Crippen LogP contribution in [0.1, 0.15) is 81.3 Å². The first-order valence-corrected chi connectivity index (χ1v) is 16.3. The van der Waals surface area contributed by atoms with Crippen LogP contribution in [0.3, 0.4) is 0 Å². The van der Waals surface area contributed by atoms with Crippen LogP contribution >= 0.6 is 0 Å². The highest BCUT2D eigenvalue weighted by Crippen LogP contribution is 2.21. The van der Waals surface area contributed by atoms with Crippen LogP contribution in [0.2, 0.25) is 0 Å². The van der Waals surface area contributed by atoms with Crippen molar-refractivity contribution in [1.82, 2.24) is 26.2 Å². The number of fused-ring (bicyclic) bond motifs is 1. The van der Waals surface area contributed by atoms with Crippen molar-refractivity contribution in [3.8, 4) is 5.75 Å². The van der Waals surface area contributed by atoms with Gasteiger partial charge in [-0.15, -0.1) is 0 Å². The van der Waals surface area contributed by atoms with Gasteiger partial charge in [-0.3, -0.25) is 24.0 Å². The third-order valence-corrected chi connectivity index (χ3v) is 8.50. The van der Waals surface area contributed by atoms with E-state index < -0.39 is 29.8 Å². The zero-order valence-electron chi connectivity index (χ0n) is 27.3. The van der Waals surface area contributed by atoms with Crippen molar-refractivity contribution in [2.45, 2.75) is 91.0 Å². The lowest BCUT2D eigenvalue weighted by Gasteiger charge is -2.29. The standard InChI is InChI=1S/C35H47N5O6/c1-5-23(4)32-35(45)37-26(16-22(2)3)21-46-29-13-7-6-12-27(29)33(43)38-28(18-30(41)39-32)34(44)36-19-24-10-8-11-25(17-24)20-40-15-9-14-31(40)42/h6-8,10-13,17,22-23,26,28,32H,5,9,14-16,18-21H2,1-4H3,(H,36,44)(H,37,45)(H,38,43)(H,39,41)/t23-,26-,28-,32-/m0/s1. The molecule has 2 aliphatic heterocycles. The average molecular weight is 634 g/mol. The summed E-state index contributed by atoms with van der Waals surface area (Å²) in [5.74, 6) is -1.41. The molecule has 46 heavy (non-hydrogen) atoms. The highest BCUT2D eigenvalue weighted by Gasteiger charge is 2.32. The second-order valence-electron chi connectivity index (χ2n) is 12.8. The highest BCUT2D eigenvalue weighted by molar-refractivity contribution is 6.01. The van der Waals surface area contributed by atoms with Gasteiger partial charge in [-0.05, 0) is 47.9 Å². The largest absolute Gasteiger partial charge is 0.491 e. The van der Waals surface area contributed by atoms with Crippen LogP contribution in [0.25, 0.3) is 0 Å². The van der Waals surface area contributed by atoms with Gasteiger partial charge in [-0.1, -0.05) is 70.5 Å². The number of carbonyl (C=O) groups is 5. The molecule has 0 bridgehead atoms.